The normalized spacial score (nSPS) is 12.5. The average Bonchev–Trinajstić information content (AvgIpc) is 2.83. The molecule has 0 radical (unpaired) electrons. The molecular formula is C12H9F3N2O2. The summed E-state index contributed by atoms with van der Waals surface area (Å²) in [5.41, 5.74) is -0.0675. The predicted molar refractivity (Wildman–Crippen MR) is 58.7 cm³/mol. The van der Waals surface area contributed by atoms with Crippen molar-refractivity contribution < 1.29 is 22.5 Å². The number of halogens is 3. The van der Waals surface area contributed by atoms with Crippen LogP contribution in [0.5, 0.6) is 0 Å². The van der Waals surface area contributed by atoms with Crippen LogP contribution in [0.1, 0.15) is 25.7 Å². The van der Waals surface area contributed by atoms with Crippen LogP contribution in [0.25, 0.3) is 11.4 Å². The van der Waals surface area contributed by atoms with Gasteiger partial charge in [0.25, 0.3) is 0 Å². The topological polar surface area (TPSA) is 56.0 Å². The fourth-order valence-corrected chi connectivity index (χ4v) is 1.39. The van der Waals surface area contributed by atoms with Gasteiger partial charge in [0.15, 0.2) is 17.5 Å². The highest BCUT2D eigenvalue weighted by molar-refractivity contribution is 5.81. The summed E-state index contributed by atoms with van der Waals surface area (Å²) in [4.78, 5) is 15.0. The first-order valence-electron chi connectivity index (χ1n) is 5.39. The highest BCUT2D eigenvalue weighted by Gasteiger charge is 2.20. The third-order valence-electron chi connectivity index (χ3n) is 2.66. The van der Waals surface area contributed by atoms with Gasteiger partial charge in [-0.3, -0.25) is 4.79 Å². The van der Waals surface area contributed by atoms with Crippen molar-refractivity contribution in [2.45, 2.75) is 19.8 Å². The van der Waals surface area contributed by atoms with Crippen molar-refractivity contribution >= 4 is 5.78 Å². The molecule has 0 saturated heterocycles. The van der Waals surface area contributed by atoms with E-state index in [4.69, 9.17) is 4.52 Å². The monoisotopic (exact) mass is 270 g/mol. The van der Waals surface area contributed by atoms with Gasteiger partial charge in [0.1, 0.15) is 5.78 Å². The smallest absolute Gasteiger partial charge is 0.237 e. The fourth-order valence-electron chi connectivity index (χ4n) is 1.39. The van der Waals surface area contributed by atoms with Gasteiger partial charge in [-0.05, 0) is 26.0 Å². The summed E-state index contributed by atoms with van der Waals surface area (Å²) < 4.78 is 43.8. The zero-order valence-electron chi connectivity index (χ0n) is 10.1. The van der Waals surface area contributed by atoms with Gasteiger partial charge in [-0.1, -0.05) is 5.16 Å². The van der Waals surface area contributed by atoms with Gasteiger partial charge in [0.2, 0.25) is 11.7 Å². The Morgan fingerprint density at radius 1 is 1.26 bits per heavy atom. The molecule has 0 fully saturated rings. The molecule has 1 heterocycles. The summed E-state index contributed by atoms with van der Waals surface area (Å²) >= 11 is 0. The standard InChI is InChI=1S/C12H9F3N2O2/c1-5(6(2)18)12-16-11(17-19-12)7-3-8(13)10(15)9(14)4-7/h3-5H,1-2H3. The lowest BCUT2D eigenvalue weighted by molar-refractivity contribution is -0.118. The maximum atomic E-state index is 13.1. The number of rotatable bonds is 3. The van der Waals surface area contributed by atoms with E-state index in [2.05, 4.69) is 10.1 Å². The number of nitrogens with zero attached hydrogens (tertiary/aromatic N) is 2. The number of hydrogen-bond acceptors (Lipinski definition) is 4. The van der Waals surface area contributed by atoms with Crippen molar-refractivity contribution in [2.75, 3.05) is 0 Å². The summed E-state index contributed by atoms with van der Waals surface area (Å²) in [6.45, 7) is 2.91. The molecule has 0 aliphatic heterocycles. The third-order valence-corrected chi connectivity index (χ3v) is 2.66. The van der Waals surface area contributed by atoms with Crippen LogP contribution < -0.4 is 0 Å². The molecule has 1 aromatic heterocycles. The Balaban J connectivity index is 2.41. The molecule has 0 N–H and O–H groups in total. The minimum Gasteiger partial charge on any atom is -0.338 e. The summed E-state index contributed by atoms with van der Waals surface area (Å²) in [6, 6.07) is 1.51. The minimum absolute atomic E-state index is 0.0349. The van der Waals surface area contributed by atoms with E-state index in [1.54, 1.807) is 6.92 Å². The largest absolute Gasteiger partial charge is 0.338 e. The van der Waals surface area contributed by atoms with E-state index >= 15 is 0 Å². The van der Waals surface area contributed by atoms with Crippen molar-refractivity contribution in [2.24, 2.45) is 0 Å². The Kier molecular flexibility index (Phi) is 3.37. The molecule has 19 heavy (non-hydrogen) atoms. The molecule has 1 unspecified atom stereocenters. The molecule has 4 nitrogen and oxygen atoms in total. The number of ketones is 1. The van der Waals surface area contributed by atoms with Crippen LogP contribution in [-0.2, 0) is 4.79 Å². The van der Waals surface area contributed by atoms with Gasteiger partial charge in [0.05, 0.1) is 5.92 Å². The molecule has 0 saturated carbocycles. The quantitative estimate of drug-likeness (QED) is 0.805. The zero-order chi connectivity index (χ0) is 14.2. The highest BCUT2D eigenvalue weighted by atomic mass is 19.2. The van der Waals surface area contributed by atoms with Crippen molar-refractivity contribution in [3.63, 3.8) is 0 Å². The van der Waals surface area contributed by atoms with E-state index in [0.29, 0.717) is 0 Å². The van der Waals surface area contributed by atoms with E-state index in [1.165, 1.54) is 6.92 Å². The maximum absolute atomic E-state index is 13.1. The fraction of sp³-hybridized carbons (Fsp3) is 0.250. The van der Waals surface area contributed by atoms with Crippen LogP contribution in [0.3, 0.4) is 0 Å². The summed E-state index contributed by atoms with van der Waals surface area (Å²) in [5.74, 6) is -5.14. The Morgan fingerprint density at radius 2 is 1.84 bits per heavy atom. The lowest BCUT2D eigenvalue weighted by Gasteiger charge is -1.99. The van der Waals surface area contributed by atoms with Crippen LogP contribution in [0.4, 0.5) is 13.2 Å². The molecule has 0 aliphatic rings. The second-order valence-electron chi connectivity index (χ2n) is 4.04. The van der Waals surface area contributed by atoms with Crippen LogP contribution in [-0.4, -0.2) is 15.9 Å². The third kappa shape index (κ3) is 2.49. The van der Waals surface area contributed by atoms with Gasteiger partial charge in [-0.25, -0.2) is 13.2 Å². The first-order chi connectivity index (χ1) is 8.90. The molecule has 0 bridgehead atoms. The number of benzene rings is 1. The second kappa shape index (κ2) is 4.83. The van der Waals surface area contributed by atoms with Gasteiger partial charge >= 0.3 is 0 Å². The predicted octanol–water partition coefficient (Wildman–Crippen LogP) is 2.85. The highest BCUT2D eigenvalue weighted by Crippen LogP contribution is 2.23. The van der Waals surface area contributed by atoms with Crippen LogP contribution in [0.15, 0.2) is 16.7 Å². The molecule has 100 valence electrons. The van der Waals surface area contributed by atoms with E-state index in [9.17, 15) is 18.0 Å². The number of carbonyl (C=O) groups excluding carboxylic acids is 1. The molecular weight excluding hydrogens is 261 g/mol. The van der Waals surface area contributed by atoms with E-state index in [1.807, 2.05) is 0 Å². The average molecular weight is 270 g/mol. The van der Waals surface area contributed by atoms with Gasteiger partial charge < -0.3 is 4.52 Å². The van der Waals surface area contributed by atoms with Crippen molar-refractivity contribution in [3.05, 3.63) is 35.5 Å². The first kappa shape index (κ1) is 13.3. The Morgan fingerprint density at radius 3 is 2.37 bits per heavy atom. The van der Waals surface area contributed by atoms with Crippen LogP contribution in [0.2, 0.25) is 0 Å². The lowest BCUT2D eigenvalue weighted by atomic mass is 10.1. The van der Waals surface area contributed by atoms with E-state index in [-0.39, 0.29) is 23.1 Å². The molecule has 0 amide bonds. The second-order valence-corrected chi connectivity index (χ2v) is 4.04. The summed E-state index contributed by atoms with van der Waals surface area (Å²) in [7, 11) is 0. The molecule has 2 aromatic rings. The lowest BCUT2D eigenvalue weighted by Crippen LogP contribution is -2.04. The number of carbonyl (C=O) groups is 1. The Hall–Kier alpha value is -2.18. The van der Waals surface area contributed by atoms with Crippen LogP contribution in [0, 0.1) is 17.5 Å². The van der Waals surface area contributed by atoms with Crippen molar-refractivity contribution in [3.8, 4) is 11.4 Å². The molecule has 1 atom stereocenters. The van der Waals surface area contributed by atoms with E-state index in [0.717, 1.165) is 12.1 Å². The van der Waals surface area contributed by atoms with Crippen LogP contribution >= 0.6 is 0 Å². The summed E-state index contributed by atoms with van der Waals surface area (Å²) in [5, 5.41) is 3.51. The summed E-state index contributed by atoms with van der Waals surface area (Å²) in [6.07, 6.45) is 0. The van der Waals surface area contributed by atoms with Gasteiger partial charge in [0, 0.05) is 5.56 Å². The maximum Gasteiger partial charge on any atom is 0.237 e. The molecule has 0 spiro atoms. The Labute approximate surface area is 106 Å². The van der Waals surface area contributed by atoms with E-state index < -0.39 is 23.4 Å². The SMILES string of the molecule is CC(=O)C(C)c1nc(-c2cc(F)c(F)c(F)c2)no1. The molecule has 1 aromatic carbocycles. The number of Topliss-reactive ketones (excluding diaryl/α,β-unsaturated/α-hetero) is 1. The minimum atomic E-state index is -1.57. The van der Waals surface area contributed by atoms with Gasteiger partial charge in [-0.15, -0.1) is 0 Å². The molecule has 7 heteroatoms. The van der Waals surface area contributed by atoms with Crippen molar-refractivity contribution in [1.82, 2.24) is 10.1 Å². The molecule has 2 rings (SSSR count). The van der Waals surface area contributed by atoms with Gasteiger partial charge in [-0.2, -0.15) is 4.98 Å². The number of aromatic nitrogens is 2. The zero-order valence-corrected chi connectivity index (χ0v) is 10.1. The van der Waals surface area contributed by atoms with Crippen molar-refractivity contribution in [1.29, 1.82) is 0 Å². The Bertz CT molecular complexity index is 617. The molecule has 0 aliphatic carbocycles. The number of hydrogen-bond donors (Lipinski definition) is 0. The first-order valence-corrected chi connectivity index (χ1v) is 5.39.